The van der Waals surface area contributed by atoms with Gasteiger partial charge in [0.25, 0.3) is 0 Å². The van der Waals surface area contributed by atoms with Gasteiger partial charge in [0, 0.05) is 31.4 Å². The summed E-state index contributed by atoms with van der Waals surface area (Å²) in [7, 11) is 0. The van der Waals surface area contributed by atoms with Gasteiger partial charge in [-0.25, -0.2) is 9.59 Å². The lowest BCUT2D eigenvalue weighted by Crippen LogP contribution is -2.67. The molecule has 1 aromatic heterocycles. The summed E-state index contributed by atoms with van der Waals surface area (Å²) < 4.78 is 1.43. The minimum Gasteiger partial charge on any atom is -0.328 e. The molecule has 12 heteroatoms. The first-order valence-electron chi connectivity index (χ1n) is 13.0. The molecule has 2 aliphatic heterocycles. The van der Waals surface area contributed by atoms with Gasteiger partial charge >= 0.3 is 11.7 Å². The number of carbonyl (C=O) groups is 2. The quantitative estimate of drug-likeness (QED) is 0.430. The number of nitrogens with zero attached hydrogens (tertiary/aromatic N) is 5. The normalized spacial score (nSPS) is 21.4. The summed E-state index contributed by atoms with van der Waals surface area (Å²) >= 11 is 0. The molecule has 3 amide bonds. The van der Waals surface area contributed by atoms with Crippen LogP contribution in [0.1, 0.15) is 39.2 Å². The highest BCUT2D eigenvalue weighted by Crippen LogP contribution is 2.18. The second kappa shape index (κ2) is 11.2. The van der Waals surface area contributed by atoms with E-state index in [9.17, 15) is 14.4 Å². The largest absolute Gasteiger partial charge is 0.354 e. The topological polar surface area (TPSA) is 169 Å². The van der Waals surface area contributed by atoms with Gasteiger partial charge in [0.05, 0.1) is 23.9 Å². The number of benzene rings is 1. The van der Waals surface area contributed by atoms with E-state index < -0.39 is 23.4 Å². The molecular weight excluding hydrogens is 486 g/mol. The average molecular weight is 526 g/mol. The molecule has 206 valence electrons. The molecule has 0 radical (unpaired) electrons. The zero-order valence-electron chi connectivity index (χ0n) is 22.3. The van der Waals surface area contributed by atoms with Gasteiger partial charge in [-0.05, 0) is 70.5 Å². The summed E-state index contributed by atoms with van der Waals surface area (Å²) in [6.45, 7) is 8.28. The fourth-order valence-corrected chi connectivity index (χ4v) is 4.87. The van der Waals surface area contributed by atoms with Crippen LogP contribution in [0.25, 0.3) is 5.69 Å². The maximum absolute atomic E-state index is 13.0. The lowest BCUT2D eigenvalue weighted by Gasteiger charge is -2.45. The van der Waals surface area contributed by atoms with Gasteiger partial charge in [-0.2, -0.15) is 4.98 Å². The summed E-state index contributed by atoms with van der Waals surface area (Å²) in [5, 5.41) is 2.68. The highest BCUT2D eigenvalue weighted by atomic mass is 16.2. The Hall–Kier alpha value is -3.32. The summed E-state index contributed by atoms with van der Waals surface area (Å²) in [6, 6.07) is 8.91. The number of urea groups is 1. The predicted octanol–water partition coefficient (Wildman–Crippen LogP) is 0.242. The van der Waals surface area contributed by atoms with Crippen molar-refractivity contribution in [1.82, 2.24) is 24.3 Å². The number of anilines is 1. The molecule has 0 spiro atoms. The molecule has 0 bridgehead atoms. The summed E-state index contributed by atoms with van der Waals surface area (Å²) in [4.78, 5) is 47.8. The van der Waals surface area contributed by atoms with E-state index in [-0.39, 0.29) is 30.9 Å². The standard InChI is InChI=1S/C26H39N9O3/c1-17-14-35(23(36)26(2,3)29)21(28)16-34(17)25(38)31-22-10-13-33(24(37)30-22)20-6-4-18(5-7-20)15-32-11-8-19(27)9-12-32/h4-7,10,13,17,19,21H,8-9,11-12,14-16,27-29H2,1-3H3,(H,30,31,37,38)/t17-,21-/m0/s1. The van der Waals surface area contributed by atoms with Gasteiger partial charge in [-0.15, -0.1) is 0 Å². The Morgan fingerprint density at radius 3 is 2.32 bits per heavy atom. The van der Waals surface area contributed by atoms with E-state index in [1.165, 1.54) is 19.9 Å². The second-order valence-corrected chi connectivity index (χ2v) is 10.9. The molecule has 0 unspecified atom stereocenters. The van der Waals surface area contributed by atoms with E-state index in [1.807, 2.05) is 31.2 Å². The summed E-state index contributed by atoms with van der Waals surface area (Å²) in [5.41, 5.74) is 18.4. The summed E-state index contributed by atoms with van der Waals surface area (Å²) in [6.07, 6.45) is 2.91. The molecule has 1 aromatic carbocycles. The molecule has 0 saturated carbocycles. The third-order valence-corrected chi connectivity index (χ3v) is 7.14. The number of carbonyl (C=O) groups excluding carboxylic acids is 2. The molecule has 4 rings (SSSR count). The number of aromatic nitrogens is 2. The van der Waals surface area contributed by atoms with Crippen molar-refractivity contribution in [1.29, 1.82) is 0 Å². The minimum absolute atomic E-state index is 0.127. The van der Waals surface area contributed by atoms with Gasteiger partial charge in [-0.3, -0.25) is 19.6 Å². The van der Waals surface area contributed by atoms with Gasteiger partial charge < -0.3 is 27.0 Å². The molecule has 7 N–H and O–H groups in total. The number of piperidine rings is 1. The van der Waals surface area contributed by atoms with Crippen LogP contribution < -0.4 is 28.2 Å². The molecule has 2 aromatic rings. The molecule has 2 atom stereocenters. The Kier molecular flexibility index (Phi) is 8.16. The molecule has 3 heterocycles. The van der Waals surface area contributed by atoms with Crippen LogP contribution in [0.15, 0.2) is 41.3 Å². The van der Waals surface area contributed by atoms with E-state index in [4.69, 9.17) is 17.2 Å². The SMILES string of the molecule is C[C@H]1CN(C(=O)C(C)(C)N)[C@H](N)CN1C(=O)Nc1ccn(-c2ccc(CN3CCC(N)CC3)cc2)c(=O)n1. The second-order valence-electron chi connectivity index (χ2n) is 10.9. The predicted molar refractivity (Wildman–Crippen MR) is 145 cm³/mol. The monoisotopic (exact) mass is 525 g/mol. The van der Waals surface area contributed by atoms with Gasteiger partial charge in [0.1, 0.15) is 5.82 Å². The smallest absolute Gasteiger partial charge is 0.328 e. The van der Waals surface area contributed by atoms with Crippen molar-refractivity contribution < 1.29 is 9.59 Å². The molecule has 38 heavy (non-hydrogen) atoms. The first-order chi connectivity index (χ1) is 17.9. The number of nitrogens with one attached hydrogen (secondary N) is 1. The van der Waals surface area contributed by atoms with Gasteiger partial charge in [0.2, 0.25) is 5.91 Å². The lowest BCUT2D eigenvalue weighted by molar-refractivity contribution is -0.141. The van der Waals surface area contributed by atoms with E-state index in [0.717, 1.165) is 32.5 Å². The number of nitrogens with two attached hydrogens (primary N) is 3. The Balaban J connectivity index is 1.37. The molecular formula is C26H39N9O3. The van der Waals surface area contributed by atoms with Crippen LogP contribution in [0.3, 0.4) is 0 Å². The number of hydrogen-bond acceptors (Lipinski definition) is 8. The van der Waals surface area contributed by atoms with Crippen molar-refractivity contribution in [2.24, 2.45) is 17.2 Å². The lowest BCUT2D eigenvalue weighted by atomic mass is 10.0. The number of rotatable bonds is 5. The van der Waals surface area contributed by atoms with Crippen molar-refractivity contribution >= 4 is 17.8 Å². The number of likely N-dealkylation sites (tertiary alicyclic amines) is 1. The summed E-state index contributed by atoms with van der Waals surface area (Å²) in [5.74, 6) is -0.134. The molecule has 2 aliphatic rings. The Morgan fingerprint density at radius 2 is 1.71 bits per heavy atom. The zero-order valence-corrected chi connectivity index (χ0v) is 22.3. The first-order valence-corrected chi connectivity index (χ1v) is 13.0. The third kappa shape index (κ3) is 6.38. The Labute approximate surface area is 222 Å². The number of piperazine rings is 1. The first kappa shape index (κ1) is 27.7. The van der Waals surface area contributed by atoms with Crippen molar-refractivity contribution in [2.45, 2.75) is 63.9 Å². The zero-order chi connectivity index (χ0) is 27.6. The van der Waals surface area contributed by atoms with E-state index in [2.05, 4.69) is 15.2 Å². The average Bonchev–Trinajstić information content (AvgIpc) is 2.86. The van der Waals surface area contributed by atoms with E-state index >= 15 is 0 Å². The highest BCUT2D eigenvalue weighted by Gasteiger charge is 2.38. The highest BCUT2D eigenvalue weighted by molar-refractivity contribution is 5.89. The number of amides is 3. The van der Waals surface area contributed by atoms with Crippen LogP contribution >= 0.6 is 0 Å². The fraction of sp³-hybridized carbons (Fsp3) is 0.538. The fourth-order valence-electron chi connectivity index (χ4n) is 4.87. The van der Waals surface area contributed by atoms with Crippen LogP contribution in [0, 0.1) is 0 Å². The van der Waals surface area contributed by atoms with E-state index in [1.54, 1.807) is 26.1 Å². The van der Waals surface area contributed by atoms with Crippen molar-refractivity contribution in [3.63, 3.8) is 0 Å². The molecule has 2 saturated heterocycles. The van der Waals surface area contributed by atoms with Crippen LogP contribution in [-0.2, 0) is 11.3 Å². The van der Waals surface area contributed by atoms with Crippen molar-refractivity contribution in [3.8, 4) is 5.69 Å². The molecule has 12 nitrogen and oxygen atoms in total. The van der Waals surface area contributed by atoms with E-state index in [0.29, 0.717) is 11.7 Å². The van der Waals surface area contributed by atoms with Gasteiger partial charge in [-0.1, -0.05) is 12.1 Å². The van der Waals surface area contributed by atoms with Crippen molar-refractivity contribution in [3.05, 3.63) is 52.6 Å². The Bertz CT molecular complexity index is 1200. The van der Waals surface area contributed by atoms with Crippen LogP contribution in [-0.4, -0.2) is 86.2 Å². The molecule has 2 fully saturated rings. The van der Waals surface area contributed by atoms with Crippen LogP contribution in [0.4, 0.5) is 10.6 Å². The van der Waals surface area contributed by atoms with Crippen LogP contribution in [0.2, 0.25) is 0 Å². The minimum atomic E-state index is -1.06. The molecule has 0 aliphatic carbocycles. The Morgan fingerprint density at radius 1 is 1.05 bits per heavy atom. The van der Waals surface area contributed by atoms with Gasteiger partial charge in [0.15, 0.2) is 0 Å². The maximum atomic E-state index is 13.0. The van der Waals surface area contributed by atoms with Crippen LogP contribution in [0.5, 0.6) is 0 Å². The van der Waals surface area contributed by atoms with Crippen molar-refractivity contribution in [2.75, 3.05) is 31.5 Å². The maximum Gasteiger partial charge on any atom is 0.354 e. The number of hydrogen-bond donors (Lipinski definition) is 4. The third-order valence-electron chi connectivity index (χ3n) is 7.14.